The Labute approximate surface area is 138 Å². The molecule has 0 bridgehead atoms. The van der Waals surface area contributed by atoms with Gasteiger partial charge in [-0.2, -0.15) is 0 Å². The minimum absolute atomic E-state index is 0.142. The van der Waals surface area contributed by atoms with E-state index in [0.717, 1.165) is 0 Å². The third kappa shape index (κ3) is 4.54. The summed E-state index contributed by atoms with van der Waals surface area (Å²) < 4.78 is 11.8. The standard InChI is InChI=1S/C14H20N6O4/c1-14(2,3)24-13(22)17-8-10(21)16-7-9-18-19-11-12(23-4)15-5-6-20(9)11/h5-6H,7-8H2,1-4H3,(H,16,21)(H,17,22). The Morgan fingerprint density at radius 1 is 1.25 bits per heavy atom. The fraction of sp³-hybridized carbons (Fsp3) is 0.500. The van der Waals surface area contributed by atoms with Gasteiger partial charge in [-0.1, -0.05) is 0 Å². The largest absolute Gasteiger partial charge is 0.478 e. The van der Waals surface area contributed by atoms with Crippen LogP contribution in [0.25, 0.3) is 5.65 Å². The number of methoxy groups -OCH3 is 1. The van der Waals surface area contributed by atoms with Crippen LogP contribution in [0.5, 0.6) is 5.88 Å². The predicted octanol–water partition coefficient (Wildman–Crippen LogP) is 0.274. The molecule has 0 spiro atoms. The zero-order valence-electron chi connectivity index (χ0n) is 14.0. The molecule has 0 atom stereocenters. The van der Waals surface area contributed by atoms with Crippen molar-refractivity contribution in [2.75, 3.05) is 13.7 Å². The van der Waals surface area contributed by atoms with Gasteiger partial charge in [-0.05, 0) is 20.8 Å². The number of hydrogen-bond donors (Lipinski definition) is 2. The first-order chi connectivity index (χ1) is 11.3. The third-order valence-electron chi connectivity index (χ3n) is 2.79. The first-order valence-corrected chi connectivity index (χ1v) is 7.26. The SMILES string of the molecule is COc1nccn2c(CNC(=O)CNC(=O)OC(C)(C)C)nnc12. The Bertz CT molecular complexity index is 736. The molecule has 24 heavy (non-hydrogen) atoms. The second-order valence-electron chi connectivity index (χ2n) is 5.88. The van der Waals surface area contributed by atoms with Gasteiger partial charge in [-0.3, -0.25) is 9.20 Å². The molecule has 0 saturated carbocycles. The normalized spacial score (nSPS) is 11.2. The molecule has 0 radical (unpaired) electrons. The van der Waals surface area contributed by atoms with E-state index in [9.17, 15) is 9.59 Å². The van der Waals surface area contributed by atoms with Gasteiger partial charge >= 0.3 is 6.09 Å². The van der Waals surface area contributed by atoms with E-state index in [4.69, 9.17) is 9.47 Å². The summed E-state index contributed by atoms with van der Waals surface area (Å²) in [7, 11) is 1.49. The zero-order valence-corrected chi connectivity index (χ0v) is 14.0. The van der Waals surface area contributed by atoms with Crippen LogP contribution in [-0.4, -0.2) is 50.8 Å². The Hall–Kier alpha value is -2.91. The summed E-state index contributed by atoms with van der Waals surface area (Å²) in [4.78, 5) is 27.3. The van der Waals surface area contributed by atoms with E-state index in [0.29, 0.717) is 17.4 Å². The fourth-order valence-corrected chi connectivity index (χ4v) is 1.82. The molecule has 2 amide bonds. The van der Waals surface area contributed by atoms with Crippen molar-refractivity contribution in [3.05, 3.63) is 18.2 Å². The summed E-state index contributed by atoms with van der Waals surface area (Å²) in [5.41, 5.74) is -0.162. The van der Waals surface area contributed by atoms with Crippen molar-refractivity contribution in [1.29, 1.82) is 0 Å². The number of carbonyl (C=O) groups is 2. The maximum atomic E-state index is 11.8. The number of fused-ring (bicyclic) bond motifs is 1. The van der Waals surface area contributed by atoms with Gasteiger partial charge in [0.05, 0.1) is 13.7 Å². The molecule has 10 nitrogen and oxygen atoms in total. The molecule has 2 N–H and O–H groups in total. The number of amides is 2. The molecule has 2 aromatic heterocycles. The lowest BCUT2D eigenvalue weighted by Crippen LogP contribution is -2.39. The Morgan fingerprint density at radius 3 is 2.67 bits per heavy atom. The van der Waals surface area contributed by atoms with E-state index in [1.165, 1.54) is 7.11 Å². The molecular formula is C14H20N6O4. The van der Waals surface area contributed by atoms with Crippen LogP contribution in [0.1, 0.15) is 26.6 Å². The highest BCUT2D eigenvalue weighted by Crippen LogP contribution is 2.13. The predicted molar refractivity (Wildman–Crippen MR) is 83.4 cm³/mol. The van der Waals surface area contributed by atoms with Crippen molar-refractivity contribution in [2.24, 2.45) is 0 Å². The van der Waals surface area contributed by atoms with Gasteiger partial charge < -0.3 is 20.1 Å². The van der Waals surface area contributed by atoms with E-state index in [-0.39, 0.29) is 19.0 Å². The summed E-state index contributed by atoms with van der Waals surface area (Å²) in [6.07, 6.45) is 2.56. The molecule has 0 aliphatic rings. The number of hydrogen-bond acceptors (Lipinski definition) is 7. The minimum Gasteiger partial charge on any atom is -0.478 e. The van der Waals surface area contributed by atoms with Crippen LogP contribution in [0.15, 0.2) is 12.4 Å². The highest BCUT2D eigenvalue weighted by atomic mass is 16.6. The number of ether oxygens (including phenoxy) is 2. The summed E-state index contributed by atoms with van der Waals surface area (Å²) in [5, 5.41) is 13.0. The number of alkyl carbamates (subject to hydrolysis) is 1. The van der Waals surface area contributed by atoms with Crippen LogP contribution < -0.4 is 15.4 Å². The van der Waals surface area contributed by atoms with Crippen LogP contribution in [0.4, 0.5) is 4.79 Å². The van der Waals surface area contributed by atoms with Gasteiger partial charge in [0.1, 0.15) is 12.1 Å². The van der Waals surface area contributed by atoms with Crippen LogP contribution in [0, 0.1) is 0 Å². The van der Waals surface area contributed by atoms with Gasteiger partial charge in [0.2, 0.25) is 11.6 Å². The van der Waals surface area contributed by atoms with E-state index in [1.54, 1.807) is 37.6 Å². The van der Waals surface area contributed by atoms with Crippen molar-refractivity contribution in [3.63, 3.8) is 0 Å². The first-order valence-electron chi connectivity index (χ1n) is 7.26. The Kier molecular flexibility index (Phi) is 5.17. The van der Waals surface area contributed by atoms with Gasteiger partial charge in [0.25, 0.3) is 5.88 Å². The number of rotatable bonds is 5. The maximum absolute atomic E-state index is 11.8. The van der Waals surface area contributed by atoms with Crippen molar-refractivity contribution in [3.8, 4) is 5.88 Å². The lowest BCUT2D eigenvalue weighted by molar-refractivity contribution is -0.120. The van der Waals surface area contributed by atoms with Gasteiger partial charge in [0, 0.05) is 12.4 Å². The van der Waals surface area contributed by atoms with E-state index < -0.39 is 11.7 Å². The highest BCUT2D eigenvalue weighted by Gasteiger charge is 2.17. The molecule has 0 aromatic carbocycles. The van der Waals surface area contributed by atoms with E-state index >= 15 is 0 Å². The fourth-order valence-electron chi connectivity index (χ4n) is 1.82. The summed E-state index contributed by atoms with van der Waals surface area (Å²) in [5.74, 6) is 0.476. The topological polar surface area (TPSA) is 120 Å². The average molecular weight is 336 g/mol. The van der Waals surface area contributed by atoms with Crippen LogP contribution >= 0.6 is 0 Å². The third-order valence-corrected chi connectivity index (χ3v) is 2.79. The summed E-state index contributed by atoms with van der Waals surface area (Å²) in [6.45, 7) is 5.17. The monoisotopic (exact) mass is 336 g/mol. The zero-order chi connectivity index (χ0) is 17.7. The number of nitrogens with one attached hydrogen (secondary N) is 2. The summed E-state index contributed by atoms with van der Waals surface area (Å²) in [6, 6.07) is 0. The number of carbonyl (C=O) groups excluding carboxylic acids is 2. The molecule has 0 aliphatic heterocycles. The van der Waals surface area contributed by atoms with Gasteiger partial charge in [-0.25, -0.2) is 9.78 Å². The lowest BCUT2D eigenvalue weighted by Gasteiger charge is -2.19. The highest BCUT2D eigenvalue weighted by molar-refractivity contribution is 5.82. The molecule has 10 heteroatoms. The molecule has 2 rings (SSSR count). The molecule has 0 fully saturated rings. The first kappa shape index (κ1) is 17.4. The minimum atomic E-state index is -0.651. The van der Waals surface area contributed by atoms with Crippen molar-refractivity contribution in [2.45, 2.75) is 32.9 Å². The number of aromatic nitrogens is 4. The van der Waals surface area contributed by atoms with Gasteiger partial charge in [-0.15, -0.1) is 10.2 Å². The van der Waals surface area contributed by atoms with Crippen LogP contribution in [-0.2, 0) is 16.1 Å². The molecule has 130 valence electrons. The summed E-state index contributed by atoms with van der Waals surface area (Å²) >= 11 is 0. The van der Waals surface area contributed by atoms with Crippen molar-refractivity contribution < 1.29 is 19.1 Å². The molecule has 0 unspecified atom stereocenters. The molecule has 0 aliphatic carbocycles. The second kappa shape index (κ2) is 7.11. The average Bonchev–Trinajstić information content (AvgIpc) is 2.92. The van der Waals surface area contributed by atoms with Crippen LogP contribution in [0.2, 0.25) is 0 Å². The Balaban J connectivity index is 1.87. The lowest BCUT2D eigenvalue weighted by atomic mass is 10.2. The van der Waals surface area contributed by atoms with Crippen molar-refractivity contribution >= 4 is 17.6 Å². The van der Waals surface area contributed by atoms with Crippen LogP contribution in [0.3, 0.4) is 0 Å². The van der Waals surface area contributed by atoms with Gasteiger partial charge in [0.15, 0.2) is 5.82 Å². The maximum Gasteiger partial charge on any atom is 0.408 e. The molecular weight excluding hydrogens is 316 g/mol. The second-order valence-corrected chi connectivity index (χ2v) is 5.88. The van der Waals surface area contributed by atoms with E-state index in [1.807, 2.05) is 0 Å². The van der Waals surface area contributed by atoms with E-state index in [2.05, 4.69) is 25.8 Å². The number of nitrogens with zero attached hydrogens (tertiary/aromatic N) is 4. The quantitative estimate of drug-likeness (QED) is 0.804. The molecule has 2 heterocycles. The molecule has 2 aromatic rings. The Morgan fingerprint density at radius 2 is 2.00 bits per heavy atom. The smallest absolute Gasteiger partial charge is 0.408 e. The molecule has 0 saturated heterocycles. The van der Waals surface area contributed by atoms with Crippen molar-refractivity contribution in [1.82, 2.24) is 30.2 Å².